The third kappa shape index (κ3) is 5.31. The average Bonchev–Trinajstić information content (AvgIpc) is 2.27. The summed E-state index contributed by atoms with van der Waals surface area (Å²) in [4.78, 5) is 24.9. The molecule has 6 heteroatoms. The Bertz CT molecular complexity index is 517. The molecular formula is C13H15FN2O3. The fraction of sp³-hybridized carbons (Fsp3) is 0.385. The van der Waals surface area contributed by atoms with E-state index in [4.69, 9.17) is 4.74 Å². The van der Waals surface area contributed by atoms with E-state index in [9.17, 15) is 14.0 Å². The van der Waals surface area contributed by atoms with E-state index in [-0.39, 0.29) is 12.2 Å². The van der Waals surface area contributed by atoms with Gasteiger partial charge in [0.05, 0.1) is 12.2 Å². The van der Waals surface area contributed by atoms with Crippen molar-refractivity contribution in [3.63, 3.8) is 0 Å². The van der Waals surface area contributed by atoms with Gasteiger partial charge in [-0.2, -0.15) is 0 Å². The van der Waals surface area contributed by atoms with Crippen LogP contribution in [0.4, 0.5) is 14.9 Å². The lowest BCUT2D eigenvalue weighted by molar-refractivity contribution is 0.0635. The molecule has 0 atom stereocenters. The Morgan fingerprint density at radius 3 is 2.74 bits per heavy atom. The largest absolute Gasteiger partial charge is 0.444 e. The summed E-state index contributed by atoms with van der Waals surface area (Å²) in [6.45, 7) is 5.20. The second kappa shape index (κ2) is 6.11. The number of halogens is 1. The van der Waals surface area contributed by atoms with Crippen molar-refractivity contribution in [3.05, 3.63) is 29.6 Å². The molecule has 1 aromatic carbocycles. The predicted molar refractivity (Wildman–Crippen MR) is 68.1 cm³/mol. The number of carbonyl (C=O) groups is 1. The molecule has 0 aromatic heterocycles. The van der Waals surface area contributed by atoms with Gasteiger partial charge in [0.15, 0.2) is 0 Å². The maximum absolute atomic E-state index is 13.5. The van der Waals surface area contributed by atoms with Crippen molar-refractivity contribution in [3.8, 4) is 0 Å². The van der Waals surface area contributed by atoms with E-state index in [1.165, 1.54) is 24.3 Å². The molecule has 0 aliphatic rings. The molecule has 1 aromatic rings. The summed E-state index contributed by atoms with van der Waals surface area (Å²) >= 11 is 0. The first-order chi connectivity index (χ1) is 8.81. The maximum atomic E-state index is 13.5. The van der Waals surface area contributed by atoms with Crippen LogP contribution >= 0.6 is 0 Å². The molecule has 0 heterocycles. The summed E-state index contributed by atoms with van der Waals surface area (Å²) in [5.41, 5.74) is -0.108. The van der Waals surface area contributed by atoms with Crippen LogP contribution in [0.3, 0.4) is 0 Å². The van der Waals surface area contributed by atoms with Crippen LogP contribution in [-0.4, -0.2) is 17.8 Å². The molecule has 0 aliphatic carbocycles. The van der Waals surface area contributed by atoms with Crippen molar-refractivity contribution in [2.75, 3.05) is 5.32 Å². The van der Waals surface area contributed by atoms with E-state index in [0.29, 0.717) is 5.56 Å². The van der Waals surface area contributed by atoms with Crippen LogP contribution in [0.2, 0.25) is 0 Å². The van der Waals surface area contributed by atoms with Crippen LogP contribution in [0.5, 0.6) is 0 Å². The number of amides is 1. The molecule has 0 radical (unpaired) electrons. The van der Waals surface area contributed by atoms with Crippen LogP contribution in [0.1, 0.15) is 26.3 Å². The number of aliphatic imine (C=N–C) groups is 1. The number of ether oxygens (including phenoxy) is 1. The van der Waals surface area contributed by atoms with Crippen molar-refractivity contribution in [1.82, 2.24) is 0 Å². The molecule has 0 spiro atoms. The number of nitrogens with one attached hydrogen (secondary N) is 1. The molecule has 0 aliphatic heterocycles. The van der Waals surface area contributed by atoms with Gasteiger partial charge in [-0.05, 0) is 38.5 Å². The molecule has 1 amide bonds. The second-order valence-electron chi connectivity index (χ2n) is 4.85. The highest BCUT2D eigenvalue weighted by Crippen LogP contribution is 2.18. The monoisotopic (exact) mass is 266 g/mol. The zero-order valence-corrected chi connectivity index (χ0v) is 11.0. The number of benzene rings is 1. The highest BCUT2D eigenvalue weighted by atomic mass is 19.1. The molecular weight excluding hydrogens is 251 g/mol. The average molecular weight is 266 g/mol. The van der Waals surface area contributed by atoms with Gasteiger partial charge < -0.3 is 4.74 Å². The van der Waals surface area contributed by atoms with Gasteiger partial charge in [-0.15, -0.1) is 0 Å². The van der Waals surface area contributed by atoms with Crippen molar-refractivity contribution in [2.24, 2.45) is 4.99 Å². The lowest BCUT2D eigenvalue weighted by Crippen LogP contribution is -2.27. The molecule has 5 nitrogen and oxygen atoms in total. The molecule has 1 rings (SSSR count). The minimum Gasteiger partial charge on any atom is -0.444 e. The van der Waals surface area contributed by atoms with Gasteiger partial charge in [0, 0.05) is 0 Å². The van der Waals surface area contributed by atoms with E-state index < -0.39 is 17.5 Å². The fourth-order valence-electron chi connectivity index (χ4n) is 1.30. The summed E-state index contributed by atoms with van der Waals surface area (Å²) in [6, 6.07) is 4.04. The zero-order chi connectivity index (χ0) is 14.5. The number of hydrogen-bond donors (Lipinski definition) is 1. The third-order valence-electron chi connectivity index (χ3n) is 1.99. The summed E-state index contributed by atoms with van der Waals surface area (Å²) < 4.78 is 18.5. The SMILES string of the molecule is CC(C)(C)OC(=O)Nc1cc(CN=C=O)ccc1F. The Morgan fingerprint density at radius 2 is 2.16 bits per heavy atom. The van der Waals surface area contributed by atoms with Gasteiger partial charge in [-0.1, -0.05) is 6.07 Å². The van der Waals surface area contributed by atoms with E-state index in [2.05, 4.69) is 10.3 Å². The standard InChI is InChI=1S/C13H15FN2O3/c1-13(2,3)19-12(18)16-11-6-9(7-15-8-17)4-5-10(11)14/h4-6H,7H2,1-3H3,(H,16,18). The number of isocyanates is 1. The van der Waals surface area contributed by atoms with Crippen LogP contribution in [0.25, 0.3) is 0 Å². The first-order valence-corrected chi connectivity index (χ1v) is 5.64. The second-order valence-corrected chi connectivity index (χ2v) is 4.85. The first-order valence-electron chi connectivity index (χ1n) is 5.64. The minimum atomic E-state index is -0.748. The molecule has 0 fully saturated rings. The lowest BCUT2D eigenvalue weighted by Gasteiger charge is -2.19. The van der Waals surface area contributed by atoms with Gasteiger partial charge in [0.2, 0.25) is 6.08 Å². The fourth-order valence-corrected chi connectivity index (χ4v) is 1.30. The highest BCUT2D eigenvalue weighted by Gasteiger charge is 2.17. The van der Waals surface area contributed by atoms with Crippen LogP contribution in [-0.2, 0) is 16.1 Å². The van der Waals surface area contributed by atoms with Crippen molar-refractivity contribution in [1.29, 1.82) is 0 Å². The number of rotatable bonds is 3. The van der Waals surface area contributed by atoms with Crippen molar-refractivity contribution >= 4 is 17.9 Å². The van der Waals surface area contributed by atoms with Gasteiger partial charge >= 0.3 is 6.09 Å². The highest BCUT2D eigenvalue weighted by molar-refractivity contribution is 5.85. The number of anilines is 1. The molecule has 0 saturated carbocycles. The lowest BCUT2D eigenvalue weighted by atomic mass is 10.2. The summed E-state index contributed by atoms with van der Waals surface area (Å²) in [6.07, 6.45) is 0.644. The quantitative estimate of drug-likeness (QED) is 0.675. The van der Waals surface area contributed by atoms with Gasteiger partial charge in [0.25, 0.3) is 0 Å². The summed E-state index contributed by atoms with van der Waals surface area (Å²) in [7, 11) is 0. The topological polar surface area (TPSA) is 67.8 Å². The van der Waals surface area contributed by atoms with E-state index in [0.717, 1.165) is 0 Å². The van der Waals surface area contributed by atoms with Crippen molar-refractivity contribution in [2.45, 2.75) is 32.9 Å². The Balaban J connectivity index is 2.82. The normalized spacial score (nSPS) is 10.5. The molecule has 0 unspecified atom stereocenters. The molecule has 102 valence electrons. The molecule has 0 saturated heterocycles. The van der Waals surface area contributed by atoms with Crippen LogP contribution in [0, 0.1) is 5.82 Å². The van der Waals surface area contributed by atoms with Crippen molar-refractivity contribution < 1.29 is 18.7 Å². The Kier molecular flexibility index (Phi) is 4.78. The summed E-state index contributed by atoms with van der Waals surface area (Å²) in [5, 5.41) is 2.31. The van der Waals surface area contributed by atoms with Crippen LogP contribution in [0.15, 0.2) is 23.2 Å². The summed E-state index contributed by atoms with van der Waals surface area (Å²) in [5.74, 6) is -0.593. The number of nitrogens with zero attached hydrogens (tertiary/aromatic N) is 1. The predicted octanol–water partition coefficient (Wildman–Crippen LogP) is 3.01. The molecule has 1 N–H and O–H groups in total. The smallest absolute Gasteiger partial charge is 0.412 e. The molecule has 19 heavy (non-hydrogen) atoms. The van der Waals surface area contributed by atoms with E-state index in [1.807, 2.05) is 0 Å². The number of carbonyl (C=O) groups excluding carboxylic acids is 2. The third-order valence-corrected chi connectivity index (χ3v) is 1.99. The van der Waals surface area contributed by atoms with Gasteiger partial charge in [-0.3, -0.25) is 5.32 Å². The maximum Gasteiger partial charge on any atom is 0.412 e. The Morgan fingerprint density at radius 1 is 1.47 bits per heavy atom. The Labute approximate surface area is 110 Å². The minimum absolute atomic E-state index is 0.0205. The Hall–Kier alpha value is -2.20. The first kappa shape index (κ1) is 14.9. The van der Waals surface area contributed by atoms with Gasteiger partial charge in [-0.25, -0.2) is 19.0 Å². The van der Waals surface area contributed by atoms with Gasteiger partial charge in [0.1, 0.15) is 11.4 Å². The zero-order valence-electron chi connectivity index (χ0n) is 11.0. The van der Waals surface area contributed by atoms with Crippen LogP contribution < -0.4 is 5.32 Å². The van der Waals surface area contributed by atoms with E-state index >= 15 is 0 Å². The molecule has 0 bridgehead atoms. The number of hydrogen-bond acceptors (Lipinski definition) is 4. The van der Waals surface area contributed by atoms with E-state index in [1.54, 1.807) is 20.8 Å².